The number of carbonyl (C=O) groups excluding carboxylic acids is 4. The minimum absolute atomic E-state index is 0.0668. The lowest BCUT2D eigenvalue weighted by atomic mass is 10.2. The van der Waals surface area contributed by atoms with Crippen molar-refractivity contribution in [3.8, 4) is 0 Å². The van der Waals surface area contributed by atoms with Crippen molar-refractivity contribution in [1.29, 1.82) is 0 Å². The number of rotatable bonds is 7. The second kappa shape index (κ2) is 8.21. The summed E-state index contributed by atoms with van der Waals surface area (Å²) in [5.41, 5.74) is 0. The summed E-state index contributed by atoms with van der Waals surface area (Å²) in [6, 6.07) is -1.53. The normalized spacial score (nSPS) is 9.78. The number of carbonyl (C=O) groups is 4. The lowest BCUT2D eigenvalue weighted by Crippen LogP contribution is -2.48. The highest BCUT2D eigenvalue weighted by molar-refractivity contribution is 6.05. The monoisotopic (exact) mass is 259 g/mol. The first kappa shape index (κ1) is 16.1. The first-order chi connectivity index (χ1) is 8.42. The van der Waals surface area contributed by atoms with Crippen LogP contribution < -0.4 is 5.32 Å². The van der Waals surface area contributed by atoms with Gasteiger partial charge in [-0.2, -0.15) is 0 Å². The molecule has 0 heterocycles. The van der Waals surface area contributed by atoms with Crippen LogP contribution in [0.3, 0.4) is 0 Å². The number of ether oxygens (including phenoxy) is 2. The summed E-state index contributed by atoms with van der Waals surface area (Å²) < 4.78 is 9.28. The molecule has 0 fully saturated rings. The Labute approximate surface area is 105 Å². The van der Waals surface area contributed by atoms with Crippen LogP contribution in [0.2, 0.25) is 0 Å². The Balaban J connectivity index is 4.65. The van der Waals surface area contributed by atoms with E-state index in [-0.39, 0.29) is 19.0 Å². The summed E-state index contributed by atoms with van der Waals surface area (Å²) in [6.07, 6.45) is -0.407. The molecule has 0 unspecified atom stereocenters. The summed E-state index contributed by atoms with van der Waals surface area (Å²) in [6.45, 7) is 4.49. The molecular weight excluding hydrogens is 242 g/mol. The van der Waals surface area contributed by atoms with Crippen LogP contribution in [0.5, 0.6) is 0 Å². The van der Waals surface area contributed by atoms with E-state index < -0.39 is 30.3 Å². The lowest BCUT2D eigenvalue weighted by Gasteiger charge is -2.15. The van der Waals surface area contributed by atoms with Crippen molar-refractivity contribution < 1.29 is 28.7 Å². The molecule has 0 aromatic heterocycles. The standard InChI is InChI=1S/C11H17NO6/c1-4-17-10(15)9(11(16)18-5-2)12-8(14)6-7(3)13/h9H,4-6H2,1-3H3,(H,12,14). The SMILES string of the molecule is CCOC(=O)C(NC(=O)CC(C)=O)C(=O)OCC. The van der Waals surface area contributed by atoms with Gasteiger partial charge in [0.1, 0.15) is 5.78 Å². The fraction of sp³-hybridized carbons (Fsp3) is 0.636. The van der Waals surface area contributed by atoms with Crippen molar-refractivity contribution in [3.05, 3.63) is 0 Å². The minimum Gasteiger partial charge on any atom is -0.464 e. The molecule has 0 atom stereocenters. The maximum atomic E-state index is 11.5. The van der Waals surface area contributed by atoms with Crippen molar-refractivity contribution in [3.63, 3.8) is 0 Å². The topological polar surface area (TPSA) is 98.8 Å². The first-order valence-corrected chi connectivity index (χ1v) is 5.54. The number of esters is 2. The quantitative estimate of drug-likeness (QED) is 0.492. The second-order valence-corrected chi connectivity index (χ2v) is 3.38. The van der Waals surface area contributed by atoms with Gasteiger partial charge < -0.3 is 14.8 Å². The van der Waals surface area contributed by atoms with Gasteiger partial charge in [-0.25, -0.2) is 9.59 Å². The molecule has 7 heteroatoms. The molecule has 0 aromatic carbocycles. The minimum atomic E-state index is -1.53. The van der Waals surface area contributed by atoms with Crippen molar-refractivity contribution in [2.45, 2.75) is 33.2 Å². The van der Waals surface area contributed by atoms with E-state index in [1.807, 2.05) is 0 Å². The lowest BCUT2D eigenvalue weighted by molar-refractivity contribution is -0.159. The van der Waals surface area contributed by atoms with Crippen LogP contribution in [0.25, 0.3) is 0 Å². The number of Topliss-reactive ketones (excluding diaryl/α,β-unsaturated/α-hetero) is 1. The van der Waals surface area contributed by atoms with E-state index in [0.29, 0.717) is 0 Å². The fourth-order valence-corrected chi connectivity index (χ4v) is 1.10. The molecule has 0 bridgehead atoms. The molecule has 18 heavy (non-hydrogen) atoms. The van der Waals surface area contributed by atoms with Gasteiger partial charge in [0.25, 0.3) is 0 Å². The third kappa shape index (κ3) is 5.97. The van der Waals surface area contributed by atoms with Gasteiger partial charge in [0.2, 0.25) is 11.9 Å². The maximum Gasteiger partial charge on any atom is 0.340 e. The largest absolute Gasteiger partial charge is 0.464 e. The summed E-state index contributed by atoms with van der Waals surface area (Å²) in [7, 11) is 0. The van der Waals surface area contributed by atoms with E-state index in [2.05, 4.69) is 14.8 Å². The molecule has 0 saturated heterocycles. The number of hydrogen-bond donors (Lipinski definition) is 1. The molecule has 0 rings (SSSR count). The zero-order chi connectivity index (χ0) is 14.1. The van der Waals surface area contributed by atoms with Gasteiger partial charge in [-0.3, -0.25) is 9.59 Å². The molecule has 0 spiro atoms. The van der Waals surface area contributed by atoms with E-state index in [4.69, 9.17) is 0 Å². The van der Waals surface area contributed by atoms with Gasteiger partial charge in [0, 0.05) is 0 Å². The molecular formula is C11H17NO6. The second-order valence-electron chi connectivity index (χ2n) is 3.38. The Hall–Kier alpha value is -1.92. The average molecular weight is 259 g/mol. The van der Waals surface area contributed by atoms with Crippen LogP contribution in [-0.4, -0.2) is 42.9 Å². The van der Waals surface area contributed by atoms with E-state index >= 15 is 0 Å². The average Bonchev–Trinajstić information content (AvgIpc) is 2.25. The van der Waals surface area contributed by atoms with Crippen LogP contribution >= 0.6 is 0 Å². The summed E-state index contributed by atoms with van der Waals surface area (Å²) in [4.78, 5) is 45.0. The van der Waals surface area contributed by atoms with Gasteiger partial charge in [-0.1, -0.05) is 0 Å². The van der Waals surface area contributed by atoms with E-state index in [0.717, 1.165) is 0 Å². The van der Waals surface area contributed by atoms with Crippen LogP contribution in [0.4, 0.5) is 0 Å². The summed E-state index contributed by atoms with van der Waals surface area (Å²) >= 11 is 0. The van der Waals surface area contributed by atoms with Crippen molar-refractivity contribution >= 4 is 23.6 Å². The number of hydrogen-bond acceptors (Lipinski definition) is 6. The highest BCUT2D eigenvalue weighted by Crippen LogP contribution is 1.96. The Kier molecular flexibility index (Phi) is 7.34. The molecule has 0 aromatic rings. The molecule has 0 saturated carbocycles. The highest BCUT2D eigenvalue weighted by atomic mass is 16.6. The Morgan fingerprint density at radius 3 is 1.78 bits per heavy atom. The predicted octanol–water partition coefficient (Wildman–Crippen LogP) is -0.423. The third-order valence-corrected chi connectivity index (χ3v) is 1.76. The van der Waals surface area contributed by atoms with Crippen LogP contribution in [-0.2, 0) is 28.7 Å². The molecule has 1 N–H and O–H groups in total. The number of amides is 1. The zero-order valence-electron chi connectivity index (χ0n) is 10.6. The molecule has 0 aliphatic carbocycles. The Morgan fingerprint density at radius 2 is 1.44 bits per heavy atom. The Bertz CT molecular complexity index is 320. The molecule has 0 aliphatic rings. The highest BCUT2D eigenvalue weighted by Gasteiger charge is 2.31. The van der Waals surface area contributed by atoms with Crippen LogP contribution in [0.1, 0.15) is 27.2 Å². The maximum absolute atomic E-state index is 11.5. The molecule has 0 aliphatic heterocycles. The van der Waals surface area contributed by atoms with Gasteiger partial charge in [-0.05, 0) is 20.8 Å². The smallest absolute Gasteiger partial charge is 0.340 e. The van der Waals surface area contributed by atoms with Gasteiger partial charge >= 0.3 is 11.9 Å². The van der Waals surface area contributed by atoms with E-state index in [9.17, 15) is 19.2 Å². The fourth-order valence-electron chi connectivity index (χ4n) is 1.10. The van der Waals surface area contributed by atoms with Crippen LogP contribution in [0.15, 0.2) is 0 Å². The van der Waals surface area contributed by atoms with Crippen molar-refractivity contribution in [2.24, 2.45) is 0 Å². The van der Waals surface area contributed by atoms with Crippen LogP contribution in [0, 0.1) is 0 Å². The van der Waals surface area contributed by atoms with E-state index in [1.165, 1.54) is 6.92 Å². The predicted molar refractivity (Wildman–Crippen MR) is 60.5 cm³/mol. The summed E-state index contributed by atoms with van der Waals surface area (Å²) in [5, 5.41) is 2.11. The van der Waals surface area contributed by atoms with Crippen molar-refractivity contribution in [1.82, 2.24) is 5.32 Å². The van der Waals surface area contributed by atoms with Gasteiger partial charge in [0.05, 0.1) is 19.6 Å². The van der Waals surface area contributed by atoms with Gasteiger partial charge in [-0.15, -0.1) is 0 Å². The zero-order valence-corrected chi connectivity index (χ0v) is 10.6. The number of ketones is 1. The molecule has 7 nitrogen and oxygen atoms in total. The van der Waals surface area contributed by atoms with Crippen molar-refractivity contribution in [2.75, 3.05) is 13.2 Å². The summed E-state index contributed by atoms with van der Waals surface area (Å²) in [5.74, 6) is -2.92. The molecule has 0 radical (unpaired) electrons. The van der Waals surface area contributed by atoms with Gasteiger partial charge in [0.15, 0.2) is 0 Å². The first-order valence-electron chi connectivity index (χ1n) is 5.54. The molecule has 102 valence electrons. The number of nitrogens with one attached hydrogen (secondary N) is 1. The van der Waals surface area contributed by atoms with E-state index in [1.54, 1.807) is 13.8 Å². The third-order valence-electron chi connectivity index (χ3n) is 1.76. The molecule has 1 amide bonds. The Morgan fingerprint density at radius 1 is 1.00 bits per heavy atom.